The van der Waals surface area contributed by atoms with Crippen LogP contribution in [-0.2, 0) is 11.8 Å². The van der Waals surface area contributed by atoms with Crippen LogP contribution in [0.25, 0.3) is 0 Å². The van der Waals surface area contributed by atoms with Gasteiger partial charge in [-0.1, -0.05) is 25.0 Å². The molecule has 3 N–H and O–H groups in total. The first-order valence-corrected chi connectivity index (χ1v) is 11.3. The number of rotatable bonds is 2. The Labute approximate surface area is 188 Å². The van der Waals surface area contributed by atoms with Crippen molar-refractivity contribution >= 4 is 11.8 Å². The van der Waals surface area contributed by atoms with Gasteiger partial charge in [0.05, 0.1) is 5.56 Å². The van der Waals surface area contributed by atoms with Crippen LogP contribution < -0.4 is 0 Å². The molecule has 2 fully saturated rings. The maximum Gasteiger partial charge on any atom is 0.339 e. The number of carboxylic acids is 1. The predicted molar refractivity (Wildman–Crippen MR) is 122 cm³/mol. The average molecular weight is 438 g/mol. The fourth-order valence-electron chi connectivity index (χ4n) is 6.18. The van der Waals surface area contributed by atoms with Crippen molar-refractivity contribution in [2.75, 3.05) is 13.6 Å². The standard InChI is InChI=1S/C17H23NO.C9H8O4/c1-18-9-8-17-7-3-2-4-14(17)16(18)10-12-5-6-13(19)11-15(12)17;1-5(10)6-3-2-4-7(8(6)11)9(12)13/h5-6,11,14,16,19H,2-4,7-10H2,1H3;2-4,11H,1H3,(H,12,13)/t14-,16+,17+;/m0./s1. The van der Waals surface area contributed by atoms with Gasteiger partial charge in [-0.05, 0) is 87.5 Å². The number of benzene rings is 2. The SMILES string of the molecule is CC(=O)c1cccc(C(=O)O)c1O.CN1CC[C@]23CCCC[C@H]2[C@H]1Cc1ccc(O)cc13. The molecule has 0 aromatic heterocycles. The second-order valence-electron chi connectivity index (χ2n) is 9.42. The minimum absolute atomic E-state index is 0.0277. The van der Waals surface area contributed by atoms with Gasteiger partial charge in [0.2, 0.25) is 0 Å². The molecule has 2 aromatic carbocycles. The first-order chi connectivity index (χ1) is 15.2. The number of para-hydroxylation sites is 1. The molecule has 3 atom stereocenters. The molecule has 6 nitrogen and oxygen atoms in total. The summed E-state index contributed by atoms with van der Waals surface area (Å²) in [6, 6.07) is 10.9. The van der Waals surface area contributed by atoms with E-state index in [1.807, 2.05) is 6.07 Å². The Morgan fingerprint density at radius 1 is 1.06 bits per heavy atom. The number of aromatic carboxylic acids is 1. The lowest BCUT2D eigenvalue weighted by Crippen LogP contribution is -2.59. The number of carboxylic acid groups (broad SMARTS) is 1. The monoisotopic (exact) mass is 437 g/mol. The van der Waals surface area contributed by atoms with Gasteiger partial charge in [0.15, 0.2) is 5.78 Å². The molecule has 0 spiro atoms. The average Bonchev–Trinajstić information content (AvgIpc) is 2.77. The maximum absolute atomic E-state index is 10.9. The molecule has 1 aliphatic heterocycles. The second-order valence-corrected chi connectivity index (χ2v) is 9.42. The smallest absolute Gasteiger partial charge is 0.339 e. The molecule has 170 valence electrons. The van der Waals surface area contributed by atoms with E-state index in [2.05, 4.69) is 24.1 Å². The quantitative estimate of drug-likeness (QED) is 0.604. The first-order valence-electron chi connectivity index (χ1n) is 11.3. The third kappa shape index (κ3) is 3.77. The number of aromatic hydroxyl groups is 2. The number of fused-ring (bicyclic) bond motifs is 1. The van der Waals surface area contributed by atoms with E-state index in [0.717, 1.165) is 12.0 Å². The zero-order valence-electron chi connectivity index (χ0n) is 18.7. The lowest BCUT2D eigenvalue weighted by Gasteiger charge is -2.58. The molecular formula is C26H31NO5. The number of phenolic OH excluding ortho intramolecular Hbond substituents is 1. The van der Waals surface area contributed by atoms with Crippen molar-refractivity contribution < 1.29 is 24.9 Å². The lowest BCUT2D eigenvalue weighted by atomic mass is 9.52. The highest BCUT2D eigenvalue weighted by molar-refractivity contribution is 6.01. The fraction of sp³-hybridized carbons (Fsp3) is 0.462. The minimum atomic E-state index is -1.25. The van der Waals surface area contributed by atoms with Crippen molar-refractivity contribution in [3.8, 4) is 11.5 Å². The molecule has 1 saturated heterocycles. The number of Topliss-reactive ketones (excluding diaryl/α,β-unsaturated/α-hetero) is 1. The molecule has 6 heteroatoms. The van der Waals surface area contributed by atoms with Crippen LogP contribution in [-0.4, -0.2) is 51.6 Å². The molecule has 32 heavy (non-hydrogen) atoms. The summed E-state index contributed by atoms with van der Waals surface area (Å²) >= 11 is 0. The summed E-state index contributed by atoms with van der Waals surface area (Å²) in [5.74, 6) is -0.812. The van der Waals surface area contributed by atoms with E-state index in [9.17, 15) is 19.8 Å². The molecule has 5 rings (SSSR count). The number of nitrogens with zero attached hydrogens (tertiary/aromatic N) is 1. The summed E-state index contributed by atoms with van der Waals surface area (Å²) in [5, 5.41) is 27.8. The van der Waals surface area contributed by atoms with Gasteiger partial charge in [-0.3, -0.25) is 4.79 Å². The van der Waals surface area contributed by atoms with Crippen molar-refractivity contribution in [3.05, 3.63) is 58.7 Å². The topological polar surface area (TPSA) is 98.1 Å². The van der Waals surface area contributed by atoms with E-state index < -0.39 is 11.7 Å². The second kappa shape index (κ2) is 8.58. The molecule has 2 aromatic rings. The normalized spacial score (nSPS) is 26.2. The molecule has 2 aliphatic carbocycles. The number of carbonyl (C=O) groups is 2. The Hall–Kier alpha value is -2.86. The molecule has 1 heterocycles. The summed E-state index contributed by atoms with van der Waals surface area (Å²) in [5.41, 5.74) is 3.13. The zero-order valence-corrected chi connectivity index (χ0v) is 18.7. The highest BCUT2D eigenvalue weighted by Crippen LogP contribution is 2.55. The van der Waals surface area contributed by atoms with E-state index >= 15 is 0 Å². The van der Waals surface area contributed by atoms with Gasteiger partial charge in [-0.25, -0.2) is 4.79 Å². The van der Waals surface area contributed by atoms with E-state index in [1.54, 1.807) is 0 Å². The number of hydrogen-bond acceptors (Lipinski definition) is 5. The van der Waals surface area contributed by atoms with Crippen molar-refractivity contribution in [3.63, 3.8) is 0 Å². The molecule has 0 unspecified atom stereocenters. The van der Waals surface area contributed by atoms with E-state index in [0.29, 0.717) is 11.2 Å². The molecule has 2 bridgehead atoms. The number of carbonyl (C=O) groups excluding carboxylic acids is 1. The van der Waals surface area contributed by atoms with Crippen LogP contribution in [0.3, 0.4) is 0 Å². The lowest BCUT2D eigenvalue weighted by molar-refractivity contribution is 0.00274. The number of phenols is 2. The molecular weight excluding hydrogens is 406 g/mol. The summed E-state index contributed by atoms with van der Waals surface area (Å²) in [4.78, 5) is 24.0. The van der Waals surface area contributed by atoms with Gasteiger partial charge < -0.3 is 20.2 Å². The van der Waals surface area contributed by atoms with Crippen LogP contribution in [0.1, 0.15) is 70.9 Å². The molecule has 0 amide bonds. The van der Waals surface area contributed by atoms with Gasteiger partial charge in [0.1, 0.15) is 17.1 Å². The molecule has 3 aliphatic rings. The van der Waals surface area contributed by atoms with E-state index in [1.165, 1.54) is 81.3 Å². The van der Waals surface area contributed by atoms with Crippen LogP contribution in [0.15, 0.2) is 36.4 Å². The summed E-state index contributed by atoms with van der Waals surface area (Å²) in [6.45, 7) is 2.48. The minimum Gasteiger partial charge on any atom is -0.508 e. The summed E-state index contributed by atoms with van der Waals surface area (Å²) < 4.78 is 0. The number of hydrogen-bond donors (Lipinski definition) is 3. The zero-order chi connectivity index (χ0) is 23.0. The van der Waals surface area contributed by atoms with Gasteiger partial charge in [-0.15, -0.1) is 0 Å². The van der Waals surface area contributed by atoms with Crippen LogP contribution in [0.2, 0.25) is 0 Å². The molecule has 0 radical (unpaired) electrons. The highest BCUT2D eigenvalue weighted by atomic mass is 16.4. The highest BCUT2D eigenvalue weighted by Gasteiger charge is 2.53. The first kappa shape index (κ1) is 22.3. The number of piperidine rings is 1. The van der Waals surface area contributed by atoms with Crippen molar-refractivity contribution in [1.29, 1.82) is 0 Å². The summed E-state index contributed by atoms with van der Waals surface area (Å²) in [7, 11) is 2.30. The van der Waals surface area contributed by atoms with Crippen molar-refractivity contribution in [2.45, 2.75) is 56.9 Å². The Kier molecular flexibility index (Phi) is 5.99. The number of likely N-dealkylation sites (N-methyl/N-ethyl adjacent to an activating group) is 1. The van der Waals surface area contributed by atoms with Gasteiger partial charge in [0, 0.05) is 11.5 Å². The van der Waals surface area contributed by atoms with Crippen LogP contribution in [0.4, 0.5) is 0 Å². The fourth-order valence-corrected chi connectivity index (χ4v) is 6.18. The van der Waals surface area contributed by atoms with Gasteiger partial charge >= 0.3 is 5.97 Å². The summed E-state index contributed by atoms with van der Waals surface area (Å²) in [6.07, 6.45) is 7.93. The third-order valence-electron chi connectivity index (χ3n) is 7.74. The van der Waals surface area contributed by atoms with Gasteiger partial charge in [-0.2, -0.15) is 0 Å². The Balaban J connectivity index is 0.000000166. The Bertz CT molecular complexity index is 1020. The van der Waals surface area contributed by atoms with Crippen molar-refractivity contribution in [1.82, 2.24) is 4.90 Å². The Morgan fingerprint density at radius 2 is 1.81 bits per heavy atom. The van der Waals surface area contributed by atoms with Crippen LogP contribution in [0.5, 0.6) is 11.5 Å². The third-order valence-corrected chi connectivity index (χ3v) is 7.74. The number of likely N-dealkylation sites (tertiary alicyclic amines) is 1. The maximum atomic E-state index is 10.9. The Morgan fingerprint density at radius 3 is 2.53 bits per heavy atom. The van der Waals surface area contributed by atoms with Crippen LogP contribution >= 0.6 is 0 Å². The van der Waals surface area contributed by atoms with Crippen molar-refractivity contribution in [2.24, 2.45) is 5.92 Å². The number of ketones is 1. The van der Waals surface area contributed by atoms with Crippen LogP contribution in [0, 0.1) is 5.92 Å². The van der Waals surface area contributed by atoms with E-state index in [4.69, 9.17) is 5.11 Å². The largest absolute Gasteiger partial charge is 0.508 e. The molecule has 1 saturated carbocycles. The van der Waals surface area contributed by atoms with Gasteiger partial charge in [0.25, 0.3) is 0 Å². The predicted octanol–water partition coefficient (Wildman–Crippen LogP) is 4.37. The van der Waals surface area contributed by atoms with E-state index in [-0.39, 0.29) is 16.9 Å².